The molecule has 0 saturated carbocycles. The van der Waals surface area contributed by atoms with Crippen LogP contribution in [-0.4, -0.2) is 0 Å². The van der Waals surface area contributed by atoms with Gasteiger partial charge in [0.15, 0.2) is 0 Å². The maximum atomic E-state index is 3.62. The van der Waals surface area contributed by atoms with E-state index < -0.39 is 0 Å². The van der Waals surface area contributed by atoms with Gasteiger partial charge in [-0.15, -0.1) is 11.3 Å². The van der Waals surface area contributed by atoms with E-state index in [-0.39, 0.29) is 0 Å². The molecule has 2 rings (SSSR count). The first kappa shape index (κ1) is 13.1. The Morgan fingerprint density at radius 3 is 2.59 bits per heavy atom. The topological polar surface area (TPSA) is 12.0 Å². The highest BCUT2D eigenvalue weighted by atomic mass is 79.9. The Kier molecular flexibility index (Phi) is 4.28. The van der Waals surface area contributed by atoms with Crippen molar-refractivity contribution < 1.29 is 0 Å². The summed E-state index contributed by atoms with van der Waals surface area (Å²) in [5, 5.41) is 3.52. The summed E-state index contributed by atoms with van der Waals surface area (Å²) < 4.78 is 2.31. The van der Waals surface area contributed by atoms with Gasteiger partial charge in [0.25, 0.3) is 0 Å². The Labute approximate surface area is 123 Å². The molecule has 1 aromatic carbocycles. The van der Waals surface area contributed by atoms with Crippen molar-refractivity contribution in [3.63, 3.8) is 0 Å². The molecule has 1 heterocycles. The third kappa shape index (κ3) is 3.12. The van der Waals surface area contributed by atoms with Crippen LogP contribution in [0.3, 0.4) is 0 Å². The first-order valence-corrected chi connectivity index (χ1v) is 7.75. The molecule has 0 aliphatic rings. The maximum Gasteiger partial charge on any atom is 0.0702 e. The molecule has 2 aromatic rings. The number of halogens is 2. The normalized spacial score (nSPS) is 12.5. The van der Waals surface area contributed by atoms with Crippen LogP contribution in [0.25, 0.3) is 0 Å². The highest BCUT2D eigenvalue weighted by Gasteiger charge is 2.10. The predicted octanol–water partition coefficient (Wildman–Crippen LogP) is 5.75. The molecule has 1 unspecified atom stereocenters. The van der Waals surface area contributed by atoms with Gasteiger partial charge in [0.05, 0.1) is 9.83 Å². The van der Waals surface area contributed by atoms with Crippen LogP contribution in [0.1, 0.15) is 23.4 Å². The van der Waals surface area contributed by atoms with E-state index >= 15 is 0 Å². The number of hydrogen-bond donors (Lipinski definition) is 1. The lowest BCUT2D eigenvalue weighted by atomic mass is 10.2. The third-order valence-corrected chi connectivity index (χ3v) is 5.44. The molecule has 90 valence electrons. The molecule has 1 aromatic heterocycles. The monoisotopic (exact) mass is 373 g/mol. The van der Waals surface area contributed by atoms with Crippen LogP contribution in [-0.2, 0) is 0 Å². The number of aryl methyl sites for hydroxylation is 1. The lowest BCUT2D eigenvalue weighted by molar-refractivity contribution is 0.906. The molecule has 1 N–H and O–H groups in total. The van der Waals surface area contributed by atoms with Crippen LogP contribution >= 0.6 is 43.2 Å². The fourth-order valence-electron chi connectivity index (χ4n) is 1.62. The summed E-state index contributed by atoms with van der Waals surface area (Å²) in [4.78, 5) is 1.32. The molecule has 0 fully saturated rings. The minimum Gasteiger partial charge on any atom is -0.377 e. The van der Waals surface area contributed by atoms with E-state index in [1.807, 2.05) is 0 Å². The molecule has 0 saturated heterocycles. The van der Waals surface area contributed by atoms with Crippen LogP contribution in [0.15, 0.2) is 38.6 Å². The largest absolute Gasteiger partial charge is 0.377 e. The molecule has 1 nitrogen and oxygen atoms in total. The molecule has 0 amide bonds. The first-order chi connectivity index (χ1) is 8.08. The summed E-state index contributed by atoms with van der Waals surface area (Å²) in [6.45, 7) is 4.27. The zero-order valence-electron chi connectivity index (χ0n) is 9.63. The average Bonchev–Trinajstić information content (AvgIpc) is 2.72. The van der Waals surface area contributed by atoms with E-state index in [0.717, 1.165) is 10.2 Å². The Morgan fingerprint density at radius 1 is 1.18 bits per heavy atom. The van der Waals surface area contributed by atoms with Crippen molar-refractivity contribution >= 4 is 48.9 Å². The molecule has 0 radical (unpaired) electrons. The predicted molar refractivity (Wildman–Crippen MR) is 82.9 cm³/mol. The average molecular weight is 375 g/mol. The number of hydrogen-bond acceptors (Lipinski definition) is 2. The summed E-state index contributed by atoms with van der Waals surface area (Å²) >= 11 is 8.88. The van der Waals surface area contributed by atoms with Crippen molar-refractivity contribution in [2.75, 3.05) is 5.32 Å². The second-order valence-electron chi connectivity index (χ2n) is 3.94. The van der Waals surface area contributed by atoms with Gasteiger partial charge in [0.1, 0.15) is 0 Å². The molecule has 1 atom stereocenters. The second kappa shape index (κ2) is 5.55. The number of rotatable bonds is 3. The van der Waals surface area contributed by atoms with Crippen LogP contribution < -0.4 is 5.32 Å². The Bertz CT molecular complexity index is 522. The van der Waals surface area contributed by atoms with Gasteiger partial charge >= 0.3 is 0 Å². The lowest BCUT2D eigenvalue weighted by Gasteiger charge is -2.16. The summed E-state index contributed by atoms with van der Waals surface area (Å²) in [6, 6.07) is 10.8. The van der Waals surface area contributed by atoms with Crippen LogP contribution in [0, 0.1) is 6.92 Å². The molecule has 4 heteroatoms. The van der Waals surface area contributed by atoms with Gasteiger partial charge in [-0.1, -0.05) is 12.1 Å². The fraction of sp³-hybridized carbons (Fsp3) is 0.231. The highest BCUT2D eigenvalue weighted by Crippen LogP contribution is 2.32. The van der Waals surface area contributed by atoms with E-state index in [9.17, 15) is 0 Å². The van der Waals surface area contributed by atoms with Gasteiger partial charge in [0, 0.05) is 15.0 Å². The van der Waals surface area contributed by atoms with E-state index in [1.165, 1.54) is 14.2 Å². The SMILES string of the molecule is Cc1cccc(NC(C)c2ccc(Br)s2)c1Br. The van der Waals surface area contributed by atoms with Crippen molar-refractivity contribution in [1.29, 1.82) is 0 Å². The summed E-state index contributed by atoms with van der Waals surface area (Å²) in [7, 11) is 0. The van der Waals surface area contributed by atoms with Gasteiger partial charge in [-0.05, 0) is 69.5 Å². The number of thiophene rings is 1. The first-order valence-electron chi connectivity index (χ1n) is 5.35. The van der Waals surface area contributed by atoms with Gasteiger partial charge in [0.2, 0.25) is 0 Å². The van der Waals surface area contributed by atoms with Gasteiger partial charge in [-0.2, -0.15) is 0 Å². The van der Waals surface area contributed by atoms with Crippen molar-refractivity contribution in [2.45, 2.75) is 19.9 Å². The third-order valence-electron chi connectivity index (χ3n) is 2.58. The van der Waals surface area contributed by atoms with Crippen molar-refractivity contribution in [3.05, 3.63) is 49.0 Å². The minimum atomic E-state index is 0.310. The highest BCUT2D eigenvalue weighted by molar-refractivity contribution is 9.11. The van der Waals surface area contributed by atoms with Gasteiger partial charge in [-0.3, -0.25) is 0 Å². The Hall–Kier alpha value is -0.320. The van der Waals surface area contributed by atoms with Crippen molar-refractivity contribution in [3.8, 4) is 0 Å². The molecule has 0 aliphatic heterocycles. The molecule has 17 heavy (non-hydrogen) atoms. The number of nitrogens with one attached hydrogen (secondary N) is 1. The van der Waals surface area contributed by atoms with Crippen LogP contribution in [0.4, 0.5) is 5.69 Å². The van der Waals surface area contributed by atoms with Crippen LogP contribution in [0.5, 0.6) is 0 Å². The number of benzene rings is 1. The van der Waals surface area contributed by atoms with Gasteiger partial charge in [-0.25, -0.2) is 0 Å². The lowest BCUT2D eigenvalue weighted by Crippen LogP contribution is -2.05. The van der Waals surface area contributed by atoms with Crippen molar-refractivity contribution in [2.24, 2.45) is 0 Å². The smallest absolute Gasteiger partial charge is 0.0702 e. The summed E-state index contributed by atoms with van der Waals surface area (Å²) in [5.74, 6) is 0. The second-order valence-corrected chi connectivity index (χ2v) is 7.23. The molecule has 0 aliphatic carbocycles. The van der Waals surface area contributed by atoms with Crippen LogP contribution in [0.2, 0.25) is 0 Å². The van der Waals surface area contributed by atoms with E-state index in [0.29, 0.717) is 6.04 Å². The van der Waals surface area contributed by atoms with E-state index in [4.69, 9.17) is 0 Å². The molecular formula is C13H13Br2NS. The molecule has 0 spiro atoms. The number of anilines is 1. The maximum absolute atomic E-state index is 3.62. The Morgan fingerprint density at radius 2 is 1.94 bits per heavy atom. The molecular weight excluding hydrogens is 362 g/mol. The van der Waals surface area contributed by atoms with Gasteiger partial charge < -0.3 is 5.32 Å². The Balaban J connectivity index is 2.18. The standard InChI is InChI=1S/C13H13Br2NS/c1-8-4-3-5-10(13(8)15)16-9(2)11-6-7-12(14)17-11/h3-7,9,16H,1-2H3. The quantitative estimate of drug-likeness (QED) is 0.720. The minimum absolute atomic E-state index is 0.310. The zero-order chi connectivity index (χ0) is 12.4. The van der Waals surface area contributed by atoms with E-state index in [1.54, 1.807) is 11.3 Å². The molecule has 0 bridgehead atoms. The van der Waals surface area contributed by atoms with E-state index in [2.05, 4.69) is 81.4 Å². The zero-order valence-corrected chi connectivity index (χ0v) is 13.6. The summed E-state index contributed by atoms with van der Waals surface area (Å²) in [6.07, 6.45) is 0. The van der Waals surface area contributed by atoms with Crippen molar-refractivity contribution in [1.82, 2.24) is 0 Å². The summed E-state index contributed by atoms with van der Waals surface area (Å²) in [5.41, 5.74) is 2.39. The fourth-order valence-corrected chi connectivity index (χ4v) is 3.43.